The third-order valence-corrected chi connectivity index (χ3v) is 2.84. The number of hydrogen-bond donors (Lipinski definition) is 2. The van der Waals surface area contributed by atoms with E-state index in [1.807, 2.05) is 0 Å². The van der Waals surface area contributed by atoms with Gasteiger partial charge in [-0.2, -0.15) is 0 Å². The predicted octanol–water partition coefficient (Wildman–Crippen LogP) is 3.60. The third kappa shape index (κ3) is 2.09. The molecule has 15 heavy (non-hydrogen) atoms. The lowest BCUT2D eigenvalue weighted by atomic mass is 10.1. The first-order valence-electron chi connectivity index (χ1n) is 5.80. The van der Waals surface area contributed by atoms with Crippen LogP contribution in [0.15, 0.2) is 18.2 Å². The second-order valence-corrected chi connectivity index (χ2v) is 4.82. The monoisotopic (exact) mass is 204 g/mol. The molecule has 0 aromatic heterocycles. The fourth-order valence-electron chi connectivity index (χ4n) is 2.11. The topological polar surface area (TPSA) is 24.1 Å². The molecule has 1 aliphatic heterocycles. The first kappa shape index (κ1) is 10.3. The van der Waals surface area contributed by atoms with Crippen molar-refractivity contribution in [3.05, 3.63) is 23.8 Å². The molecule has 2 heteroatoms. The van der Waals surface area contributed by atoms with E-state index in [1.54, 1.807) is 0 Å². The normalized spacial score (nSPS) is 16.7. The smallest absolute Gasteiger partial charge is 0.102 e. The van der Waals surface area contributed by atoms with E-state index in [-0.39, 0.29) is 5.66 Å². The fourth-order valence-corrected chi connectivity index (χ4v) is 2.11. The van der Waals surface area contributed by atoms with E-state index in [0.717, 1.165) is 0 Å². The van der Waals surface area contributed by atoms with Crippen molar-refractivity contribution in [1.82, 2.24) is 0 Å². The third-order valence-electron chi connectivity index (χ3n) is 2.84. The number of nitrogens with one attached hydrogen (secondary N) is 2. The van der Waals surface area contributed by atoms with Gasteiger partial charge in [0.2, 0.25) is 0 Å². The second kappa shape index (κ2) is 3.76. The molecule has 0 saturated carbocycles. The van der Waals surface area contributed by atoms with Crippen molar-refractivity contribution in [2.75, 3.05) is 10.6 Å². The molecule has 0 amide bonds. The minimum atomic E-state index is -0.00927. The number of anilines is 2. The summed E-state index contributed by atoms with van der Waals surface area (Å²) in [5, 5.41) is 7.02. The number of para-hydroxylation sites is 1. The van der Waals surface area contributed by atoms with Crippen molar-refractivity contribution in [1.29, 1.82) is 0 Å². The van der Waals surface area contributed by atoms with Crippen LogP contribution in [-0.4, -0.2) is 5.66 Å². The number of unbranched alkanes of at least 4 members (excludes halogenated alkanes) is 1. The van der Waals surface area contributed by atoms with Crippen LogP contribution >= 0.6 is 0 Å². The quantitative estimate of drug-likeness (QED) is 0.786. The first-order chi connectivity index (χ1) is 7.12. The van der Waals surface area contributed by atoms with E-state index in [2.05, 4.69) is 49.6 Å². The second-order valence-electron chi connectivity index (χ2n) is 4.82. The lowest BCUT2D eigenvalue weighted by Crippen LogP contribution is -2.33. The summed E-state index contributed by atoms with van der Waals surface area (Å²) < 4.78 is 0. The Morgan fingerprint density at radius 3 is 2.73 bits per heavy atom. The molecule has 2 nitrogen and oxygen atoms in total. The molecule has 0 fully saturated rings. The Hall–Kier alpha value is -1.18. The van der Waals surface area contributed by atoms with Gasteiger partial charge in [-0.3, -0.25) is 0 Å². The van der Waals surface area contributed by atoms with Crippen LogP contribution in [0.5, 0.6) is 0 Å². The van der Waals surface area contributed by atoms with Crippen LogP contribution in [0.4, 0.5) is 11.4 Å². The van der Waals surface area contributed by atoms with Gasteiger partial charge in [-0.25, -0.2) is 0 Å². The number of benzene rings is 1. The van der Waals surface area contributed by atoms with Crippen molar-refractivity contribution in [2.45, 2.75) is 45.7 Å². The molecule has 1 heterocycles. The van der Waals surface area contributed by atoms with Crippen molar-refractivity contribution in [3.63, 3.8) is 0 Å². The molecule has 0 spiro atoms. The summed E-state index contributed by atoms with van der Waals surface area (Å²) >= 11 is 0. The Balaban J connectivity index is 2.25. The van der Waals surface area contributed by atoms with Gasteiger partial charge in [0.15, 0.2) is 0 Å². The van der Waals surface area contributed by atoms with Crippen molar-refractivity contribution in [3.8, 4) is 0 Å². The standard InChI is InChI=1S/C13H20N2/c1-4-5-7-10-8-6-9-11-12(10)15-13(2,3)14-11/h6,8-9,14-15H,4-5,7H2,1-3H3. The van der Waals surface area contributed by atoms with Crippen LogP contribution in [-0.2, 0) is 6.42 Å². The molecule has 2 N–H and O–H groups in total. The average molecular weight is 204 g/mol. The molecule has 2 rings (SSSR count). The Labute approximate surface area is 92.1 Å². The zero-order chi connectivity index (χ0) is 10.9. The molecular weight excluding hydrogens is 184 g/mol. The highest BCUT2D eigenvalue weighted by molar-refractivity contribution is 5.78. The Kier molecular flexibility index (Phi) is 2.59. The Morgan fingerprint density at radius 1 is 1.20 bits per heavy atom. The van der Waals surface area contributed by atoms with E-state index in [1.165, 1.54) is 36.2 Å². The molecule has 1 aromatic carbocycles. The van der Waals surface area contributed by atoms with Crippen LogP contribution in [0.2, 0.25) is 0 Å². The van der Waals surface area contributed by atoms with Crippen LogP contribution in [0.25, 0.3) is 0 Å². The molecule has 0 atom stereocenters. The molecular formula is C13H20N2. The van der Waals surface area contributed by atoms with E-state index in [0.29, 0.717) is 0 Å². The lowest BCUT2D eigenvalue weighted by molar-refractivity contribution is 0.673. The highest BCUT2D eigenvalue weighted by atomic mass is 15.2. The molecule has 1 aliphatic rings. The summed E-state index contributed by atoms with van der Waals surface area (Å²) in [6.45, 7) is 6.56. The maximum absolute atomic E-state index is 3.54. The highest BCUT2D eigenvalue weighted by Gasteiger charge is 2.27. The van der Waals surface area contributed by atoms with Crippen LogP contribution < -0.4 is 10.6 Å². The molecule has 0 saturated heterocycles. The van der Waals surface area contributed by atoms with Crippen LogP contribution in [0.3, 0.4) is 0 Å². The van der Waals surface area contributed by atoms with Gasteiger partial charge in [0, 0.05) is 0 Å². The summed E-state index contributed by atoms with van der Waals surface area (Å²) in [5.41, 5.74) is 3.97. The van der Waals surface area contributed by atoms with E-state index in [9.17, 15) is 0 Å². The predicted molar refractivity (Wildman–Crippen MR) is 66.4 cm³/mol. The van der Waals surface area contributed by atoms with Crippen molar-refractivity contribution in [2.24, 2.45) is 0 Å². The van der Waals surface area contributed by atoms with Gasteiger partial charge in [0.25, 0.3) is 0 Å². The number of rotatable bonds is 3. The lowest BCUT2D eigenvalue weighted by Gasteiger charge is -2.19. The van der Waals surface area contributed by atoms with Gasteiger partial charge in [-0.1, -0.05) is 25.5 Å². The highest BCUT2D eigenvalue weighted by Crippen LogP contribution is 2.36. The SMILES string of the molecule is CCCCc1cccc2c1NC(C)(C)N2. The molecule has 82 valence electrons. The molecule has 0 unspecified atom stereocenters. The van der Waals surface area contributed by atoms with Gasteiger partial charge in [-0.15, -0.1) is 0 Å². The van der Waals surface area contributed by atoms with Crippen molar-refractivity contribution >= 4 is 11.4 Å². The number of fused-ring (bicyclic) bond motifs is 1. The van der Waals surface area contributed by atoms with Gasteiger partial charge in [-0.05, 0) is 38.3 Å². The zero-order valence-electron chi connectivity index (χ0n) is 9.85. The number of hydrogen-bond acceptors (Lipinski definition) is 2. The maximum atomic E-state index is 3.54. The average Bonchev–Trinajstić information content (AvgIpc) is 2.49. The number of aryl methyl sites for hydroxylation is 1. The summed E-state index contributed by atoms with van der Waals surface area (Å²) in [4.78, 5) is 0. The molecule has 1 aromatic rings. The van der Waals surface area contributed by atoms with E-state index < -0.39 is 0 Å². The Morgan fingerprint density at radius 2 is 2.00 bits per heavy atom. The minimum Gasteiger partial charge on any atom is -0.362 e. The summed E-state index contributed by atoms with van der Waals surface area (Å²) in [6.07, 6.45) is 3.68. The van der Waals surface area contributed by atoms with Gasteiger partial charge >= 0.3 is 0 Å². The fraction of sp³-hybridized carbons (Fsp3) is 0.538. The van der Waals surface area contributed by atoms with Crippen LogP contribution in [0.1, 0.15) is 39.2 Å². The van der Waals surface area contributed by atoms with E-state index >= 15 is 0 Å². The summed E-state index contributed by atoms with van der Waals surface area (Å²) in [7, 11) is 0. The largest absolute Gasteiger partial charge is 0.362 e. The van der Waals surface area contributed by atoms with Gasteiger partial charge < -0.3 is 10.6 Å². The zero-order valence-corrected chi connectivity index (χ0v) is 9.85. The molecule has 0 radical (unpaired) electrons. The van der Waals surface area contributed by atoms with Crippen molar-refractivity contribution < 1.29 is 0 Å². The first-order valence-corrected chi connectivity index (χ1v) is 5.80. The Bertz CT molecular complexity index is 356. The molecule has 0 bridgehead atoms. The minimum absolute atomic E-state index is 0.00927. The summed E-state index contributed by atoms with van der Waals surface area (Å²) in [6, 6.07) is 6.51. The van der Waals surface area contributed by atoms with Crippen LogP contribution in [0, 0.1) is 0 Å². The van der Waals surface area contributed by atoms with E-state index in [4.69, 9.17) is 0 Å². The molecule has 0 aliphatic carbocycles. The maximum Gasteiger partial charge on any atom is 0.102 e. The van der Waals surface area contributed by atoms with Gasteiger partial charge in [0.05, 0.1) is 11.4 Å². The summed E-state index contributed by atoms with van der Waals surface area (Å²) in [5.74, 6) is 0. The van der Waals surface area contributed by atoms with Gasteiger partial charge in [0.1, 0.15) is 5.66 Å².